The minimum absolute atomic E-state index is 0.0968. The summed E-state index contributed by atoms with van der Waals surface area (Å²) in [7, 11) is 0. The predicted octanol–water partition coefficient (Wildman–Crippen LogP) is 21.8. The number of carbonyl (C=O) groups is 3. The third-order valence-corrected chi connectivity index (χ3v) is 13.1. The Balaban J connectivity index is 4.27. The molecule has 6 heteroatoms. The molecule has 77 heavy (non-hydrogen) atoms. The van der Waals surface area contributed by atoms with Crippen LogP contribution in [0.3, 0.4) is 0 Å². The van der Waals surface area contributed by atoms with Gasteiger partial charge < -0.3 is 14.2 Å². The fraction of sp³-hybridized carbons (Fsp3) is 0.648. The molecule has 436 valence electrons. The lowest BCUT2D eigenvalue weighted by Gasteiger charge is -2.18. The van der Waals surface area contributed by atoms with Crippen LogP contribution in [0, 0.1) is 0 Å². The van der Waals surface area contributed by atoms with Crippen LogP contribution in [0.2, 0.25) is 0 Å². The van der Waals surface area contributed by atoms with Crippen molar-refractivity contribution in [3.8, 4) is 0 Å². The molecule has 6 nitrogen and oxygen atoms in total. The molecule has 1 atom stereocenters. The van der Waals surface area contributed by atoms with Gasteiger partial charge in [-0.3, -0.25) is 14.4 Å². The fourth-order valence-corrected chi connectivity index (χ4v) is 8.43. The molecule has 0 aromatic heterocycles. The van der Waals surface area contributed by atoms with E-state index in [1.165, 1.54) is 89.9 Å². The zero-order valence-corrected chi connectivity index (χ0v) is 49.9. The number of carbonyl (C=O) groups excluding carboxylic acids is 3. The lowest BCUT2D eigenvalue weighted by molar-refractivity contribution is -0.167. The number of hydrogen-bond acceptors (Lipinski definition) is 6. The third-order valence-electron chi connectivity index (χ3n) is 13.1. The summed E-state index contributed by atoms with van der Waals surface area (Å²) in [6.45, 7) is 6.35. The number of ether oxygens (including phenoxy) is 3. The highest BCUT2D eigenvalue weighted by Gasteiger charge is 2.19. The van der Waals surface area contributed by atoms with Crippen LogP contribution in [0.4, 0.5) is 0 Å². The Morgan fingerprint density at radius 3 is 0.805 bits per heavy atom. The summed E-state index contributed by atoms with van der Waals surface area (Å²) in [5.41, 5.74) is 0. The summed E-state index contributed by atoms with van der Waals surface area (Å²) in [6.07, 6.45) is 90.4. The first-order valence-electron chi connectivity index (χ1n) is 31.7. The van der Waals surface area contributed by atoms with Gasteiger partial charge in [0.05, 0.1) is 0 Å². The first-order valence-corrected chi connectivity index (χ1v) is 31.7. The Hall–Kier alpha value is -4.45. The summed E-state index contributed by atoms with van der Waals surface area (Å²) in [5.74, 6) is -0.942. The number of hydrogen-bond donors (Lipinski definition) is 0. The normalized spacial score (nSPS) is 13.0. The van der Waals surface area contributed by atoms with Gasteiger partial charge in [0.15, 0.2) is 6.10 Å². The van der Waals surface area contributed by atoms with Crippen LogP contribution in [0.15, 0.2) is 134 Å². The average molecular weight is 1070 g/mol. The van der Waals surface area contributed by atoms with Crippen LogP contribution < -0.4 is 0 Å². The molecule has 1 unspecified atom stereocenters. The molecule has 0 rings (SSSR count). The molecule has 0 aliphatic heterocycles. The van der Waals surface area contributed by atoms with E-state index in [0.717, 1.165) is 148 Å². The van der Waals surface area contributed by atoms with Gasteiger partial charge in [0.1, 0.15) is 13.2 Å². The van der Waals surface area contributed by atoms with Crippen molar-refractivity contribution in [2.24, 2.45) is 0 Å². The highest BCUT2D eigenvalue weighted by Crippen LogP contribution is 2.15. The first-order chi connectivity index (χ1) is 38.0. The van der Waals surface area contributed by atoms with Gasteiger partial charge in [-0.05, 0) is 135 Å². The van der Waals surface area contributed by atoms with E-state index in [-0.39, 0.29) is 31.1 Å². The average Bonchev–Trinajstić information content (AvgIpc) is 3.43. The Morgan fingerprint density at radius 1 is 0.273 bits per heavy atom. The number of unbranched alkanes of at least 4 members (excludes halogenated alkanes) is 23. The SMILES string of the molecule is CC/C=C\C/C=C\C/C=C\C/C=C\C/C=C\C/C=C\CCCCCCCCCCCCCCC(=O)OCC(COC(=O)CCCCC/C=C\C/C=C\C/C=C\CC)OC(=O)CCCCCCC/C=C\C/C=C\CCCCC. The van der Waals surface area contributed by atoms with E-state index < -0.39 is 6.10 Å². The Morgan fingerprint density at radius 2 is 0.506 bits per heavy atom. The maximum absolute atomic E-state index is 12.9. The second kappa shape index (κ2) is 64.1. The minimum atomic E-state index is -0.802. The Bertz CT molecular complexity index is 1650. The molecule has 0 fully saturated rings. The van der Waals surface area contributed by atoms with E-state index in [1.54, 1.807) is 0 Å². The highest BCUT2D eigenvalue weighted by molar-refractivity contribution is 5.71. The quantitative estimate of drug-likeness (QED) is 0.0261. The van der Waals surface area contributed by atoms with Crippen LogP contribution in [-0.4, -0.2) is 37.2 Å². The summed E-state index contributed by atoms with van der Waals surface area (Å²) in [5, 5.41) is 0. The van der Waals surface area contributed by atoms with Crippen molar-refractivity contribution in [3.05, 3.63) is 134 Å². The van der Waals surface area contributed by atoms with E-state index in [2.05, 4.69) is 154 Å². The molecule has 0 amide bonds. The van der Waals surface area contributed by atoms with E-state index >= 15 is 0 Å². The van der Waals surface area contributed by atoms with Crippen molar-refractivity contribution in [1.82, 2.24) is 0 Å². The molecule has 0 N–H and O–H groups in total. The maximum atomic E-state index is 12.9. The van der Waals surface area contributed by atoms with Gasteiger partial charge in [-0.1, -0.05) is 257 Å². The number of rotatable bonds is 56. The van der Waals surface area contributed by atoms with E-state index in [4.69, 9.17) is 14.2 Å². The second-order valence-corrected chi connectivity index (χ2v) is 20.5. The smallest absolute Gasteiger partial charge is 0.306 e. The van der Waals surface area contributed by atoms with Crippen molar-refractivity contribution < 1.29 is 28.6 Å². The zero-order chi connectivity index (χ0) is 55.7. The molecule has 0 bridgehead atoms. The molecular weight excluding hydrogens is 949 g/mol. The van der Waals surface area contributed by atoms with Crippen LogP contribution in [-0.2, 0) is 28.6 Å². The van der Waals surface area contributed by atoms with Crippen LogP contribution in [0.25, 0.3) is 0 Å². The van der Waals surface area contributed by atoms with E-state index in [9.17, 15) is 14.4 Å². The van der Waals surface area contributed by atoms with Crippen molar-refractivity contribution >= 4 is 17.9 Å². The molecule has 0 heterocycles. The third kappa shape index (κ3) is 62.3. The lowest BCUT2D eigenvalue weighted by atomic mass is 10.0. The molecule has 0 saturated heterocycles. The molecule has 0 aromatic carbocycles. The maximum Gasteiger partial charge on any atom is 0.306 e. The number of esters is 3. The van der Waals surface area contributed by atoms with Crippen molar-refractivity contribution in [2.75, 3.05) is 13.2 Å². The van der Waals surface area contributed by atoms with Crippen molar-refractivity contribution in [2.45, 2.75) is 284 Å². The van der Waals surface area contributed by atoms with Gasteiger partial charge in [-0.25, -0.2) is 0 Å². The highest BCUT2D eigenvalue weighted by atomic mass is 16.6. The standard InChI is InChI=1S/C71H116O6/c1-4-7-10-13-16-19-22-25-27-28-29-30-31-32-33-34-35-36-37-38-39-40-41-42-44-46-49-52-55-58-61-64-70(73)76-67-68(66-75-69(72)63-60-57-54-51-48-45-24-21-18-15-12-9-6-3)77-71(74)65-62-59-56-53-50-47-43-26-23-20-17-14-11-8-5-2/h7,9-10,12,16-21,25-27,29-30,32-33,35-36,43,45,48,68H,4-6,8,11,13-15,22-24,28,31,34,37-42,44,46-47,49-67H2,1-3H3/b10-7-,12-9-,19-16-,20-17-,21-18-,27-25-,30-29-,33-32-,36-35-,43-26-,48-45-. The zero-order valence-electron chi connectivity index (χ0n) is 49.9. The monoisotopic (exact) mass is 1060 g/mol. The fourth-order valence-electron chi connectivity index (χ4n) is 8.43. The Kier molecular flexibility index (Phi) is 60.4. The van der Waals surface area contributed by atoms with Crippen LogP contribution in [0.1, 0.15) is 278 Å². The number of allylic oxidation sites excluding steroid dienone is 22. The van der Waals surface area contributed by atoms with Crippen LogP contribution in [0.5, 0.6) is 0 Å². The van der Waals surface area contributed by atoms with Crippen LogP contribution >= 0.6 is 0 Å². The van der Waals surface area contributed by atoms with E-state index in [0.29, 0.717) is 19.3 Å². The van der Waals surface area contributed by atoms with Gasteiger partial charge >= 0.3 is 17.9 Å². The first kappa shape index (κ1) is 72.5. The largest absolute Gasteiger partial charge is 0.462 e. The molecule has 0 saturated carbocycles. The molecule has 0 aliphatic carbocycles. The molecular formula is C71H116O6. The predicted molar refractivity (Wildman–Crippen MR) is 334 cm³/mol. The second-order valence-electron chi connectivity index (χ2n) is 20.5. The van der Waals surface area contributed by atoms with E-state index in [1.807, 2.05) is 0 Å². The summed E-state index contributed by atoms with van der Waals surface area (Å²) in [4.78, 5) is 38.2. The molecule has 0 aromatic rings. The molecule has 0 spiro atoms. The summed E-state index contributed by atoms with van der Waals surface area (Å²) < 4.78 is 16.9. The van der Waals surface area contributed by atoms with Gasteiger partial charge in [0.2, 0.25) is 0 Å². The topological polar surface area (TPSA) is 78.9 Å². The van der Waals surface area contributed by atoms with Gasteiger partial charge in [0.25, 0.3) is 0 Å². The van der Waals surface area contributed by atoms with Crippen molar-refractivity contribution in [3.63, 3.8) is 0 Å². The molecule has 0 radical (unpaired) electrons. The Labute approximate surface area is 475 Å². The summed E-state index contributed by atoms with van der Waals surface area (Å²) in [6, 6.07) is 0. The molecule has 0 aliphatic rings. The summed E-state index contributed by atoms with van der Waals surface area (Å²) >= 11 is 0. The van der Waals surface area contributed by atoms with Gasteiger partial charge in [-0.2, -0.15) is 0 Å². The van der Waals surface area contributed by atoms with Crippen molar-refractivity contribution in [1.29, 1.82) is 0 Å². The minimum Gasteiger partial charge on any atom is -0.462 e. The lowest BCUT2D eigenvalue weighted by Crippen LogP contribution is -2.30. The van der Waals surface area contributed by atoms with Gasteiger partial charge in [0, 0.05) is 19.3 Å². The van der Waals surface area contributed by atoms with Gasteiger partial charge in [-0.15, -0.1) is 0 Å².